The van der Waals surface area contributed by atoms with Gasteiger partial charge in [-0.1, -0.05) is 61.0 Å². The molecular formula is C31H39N3O5S. The Labute approximate surface area is 241 Å². The first-order valence-corrected chi connectivity index (χ1v) is 14.1. The lowest BCUT2D eigenvalue weighted by Gasteiger charge is -2.13. The van der Waals surface area contributed by atoms with Crippen LogP contribution < -0.4 is 10.1 Å². The lowest BCUT2D eigenvalue weighted by atomic mass is 10.1. The van der Waals surface area contributed by atoms with Crippen LogP contribution in [0.3, 0.4) is 0 Å². The molecule has 1 amide bonds. The van der Waals surface area contributed by atoms with Crippen LogP contribution in [0.5, 0.6) is 11.5 Å². The topological polar surface area (TPSA) is 110 Å². The zero-order valence-electron chi connectivity index (χ0n) is 24.4. The van der Waals surface area contributed by atoms with Gasteiger partial charge in [0.05, 0.1) is 12.1 Å². The molecule has 8 nitrogen and oxygen atoms in total. The normalized spacial score (nSPS) is 17.8. The molecule has 3 atom stereocenters. The largest absolute Gasteiger partial charge is 0.457 e. The number of nitrogens with one attached hydrogen (secondary N) is 1. The first-order valence-electron chi connectivity index (χ1n) is 12.9. The Morgan fingerprint density at radius 3 is 2.35 bits per heavy atom. The van der Waals surface area contributed by atoms with Crippen LogP contribution >= 0.6 is 11.8 Å². The molecule has 1 N–H and O–H groups in total. The van der Waals surface area contributed by atoms with Gasteiger partial charge in [0.1, 0.15) is 17.6 Å². The maximum Gasteiger partial charge on any atom is 0.433 e. The quantitative estimate of drug-likeness (QED) is 0.112. The number of ether oxygens (including phenoxy) is 2. The van der Waals surface area contributed by atoms with Gasteiger partial charge in [0, 0.05) is 17.4 Å². The Bertz CT molecular complexity index is 1250. The molecule has 214 valence electrons. The van der Waals surface area contributed by atoms with E-state index in [1.807, 2.05) is 70.3 Å². The average molecular weight is 566 g/mol. The molecule has 0 saturated heterocycles. The first kappa shape index (κ1) is 32.4. The van der Waals surface area contributed by atoms with Crippen molar-refractivity contribution in [2.75, 3.05) is 13.3 Å². The van der Waals surface area contributed by atoms with E-state index < -0.39 is 12.2 Å². The molecule has 0 aliphatic heterocycles. The second-order valence-electron chi connectivity index (χ2n) is 10.7. The highest BCUT2D eigenvalue weighted by Gasteiger charge is 2.61. The summed E-state index contributed by atoms with van der Waals surface area (Å²) in [6.45, 7) is 12.1. The average Bonchev–Trinajstić information content (AvgIpc) is 3.46. The summed E-state index contributed by atoms with van der Waals surface area (Å²) in [6.07, 6.45) is 4.15. The van der Waals surface area contributed by atoms with Crippen molar-refractivity contribution < 1.29 is 23.9 Å². The lowest BCUT2D eigenvalue weighted by Crippen LogP contribution is -2.19. The summed E-state index contributed by atoms with van der Waals surface area (Å²) in [4.78, 5) is 27.7. The molecule has 3 unspecified atom stereocenters. The molecule has 0 radical (unpaired) electrons. The fraction of sp³-hybridized carbons (Fsp3) is 0.419. The number of nitriles is 1. The van der Waals surface area contributed by atoms with Crippen LogP contribution in [-0.2, 0) is 14.4 Å². The number of benzene rings is 2. The van der Waals surface area contributed by atoms with Gasteiger partial charge in [0.2, 0.25) is 6.10 Å². The zero-order valence-corrected chi connectivity index (χ0v) is 25.2. The van der Waals surface area contributed by atoms with Crippen molar-refractivity contribution >= 4 is 30.0 Å². The van der Waals surface area contributed by atoms with Crippen LogP contribution in [0.1, 0.15) is 53.2 Å². The molecule has 1 fully saturated rings. The summed E-state index contributed by atoms with van der Waals surface area (Å²) in [6, 6.07) is 18.6. The number of thioether (sulfide) groups is 1. The number of oxime groups is 1. The number of hydrogen-bond donors (Lipinski definition) is 1. The highest BCUT2D eigenvalue weighted by atomic mass is 32.2. The molecule has 1 aliphatic carbocycles. The second-order valence-corrected chi connectivity index (χ2v) is 12.1. The minimum absolute atomic E-state index is 0.103. The van der Waals surface area contributed by atoms with E-state index in [0.29, 0.717) is 17.1 Å². The van der Waals surface area contributed by atoms with Crippen LogP contribution in [0, 0.1) is 28.6 Å². The van der Waals surface area contributed by atoms with Crippen molar-refractivity contribution in [3.05, 3.63) is 71.8 Å². The van der Waals surface area contributed by atoms with Gasteiger partial charge in [0.15, 0.2) is 0 Å². The third kappa shape index (κ3) is 9.76. The summed E-state index contributed by atoms with van der Waals surface area (Å²) in [5.41, 5.74) is 1.63. The van der Waals surface area contributed by atoms with Crippen molar-refractivity contribution in [3.63, 3.8) is 0 Å². The van der Waals surface area contributed by atoms with E-state index in [0.717, 1.165) is 0 Å². The molecule has 40 heavy (non-hydrogen) atoms. The molecule has 0 spiro atoms. The molecule has 2 aromatic carbocycles. The third-order valence-electron chi connectivity index (χ3n) is 6.40. The van der Waals surface area contributed by atoms with Gasteiger partial charge in [-0.05, 0) is 69.5 Å². The summed E-state index contributed by atoms with van der Waals surface area (Å²) in [5, 5.41) is 15.4. The fourth-order valence-corrected chi connectivity index (χ4v) is 3.97. The van der Waals surface area contributed by atoms with Crippen LogP contribution in [0.15, 0.2) is 71.4 Å². The molecule has 3 rings (SSSR count). The molecular weight excluding hydrogens is 526 g/mol. The minimum Gasteiger partial charge on any atom is -0.457 e. The maximum atomic E-state index is 12.7. The number of nitrogens with zero attached hydrogens (tertiary/aromatic N) is 2. The van der Waals surface area contributed by atoms with Crippen LogP contribution in [0.4, 0.5) is 4.79 Å². The molecule has 0 aromatic heterocycles. The SMILES string of the molecule is CC(C)=CC1C(C(=O)OC(C#N)c2cccc(Oc3ccccc3)c2)C1(C)C.CNC(=O)O/N=C/C(C)(C)SC. The van der Waals surface area contributed by atoms with E-state index in [2.05, 4.69) is 41.3 Å². The van der Waals surface area contributed by atoms with Crippen molar-refractivity contribution in [3.8, 4) is 17.6 Å². The molecule has 1 saturated carbocycles. The van der Waals surface area contributed by atoms with Crippen LogP contribution in [0.2, 0.25) is 0 Å². The van der Waals surface area contributed by atoms with E-state index in [-0.39, 0.29) is 28.0 Å². The van der Waals surface area contributed by atoms with Crippen molar-refractivity contribution in [2.45, 2.75) is 52.4 Å². The predicted octanol–water partition coefficient (Wildman–Crippen LogP) is 7.29. The van der Waals surface area contributed by atoms with Crippen molar-refractivity contribution in [2.24, 2.45) is 22.4 Å². The van der Waals surface area contributed by atoms with Gasteiger partial charge in [0.25, 0.3) is 0 Å². The zero-order chi connectivity index (χ0) is 29.9. The van der Waals surface area contributed by atoms with Crippen molar-refractivity contribution in [1.29, 1.82) is 5.26 Å². The van der Waals surface area contributed by atoms with E-state index in [4.69, 9.17) is 9.47 Å². The van der Waals surface area contributed by atoms with Gasteiger partial charge < -0.3 is 14.8 Å². The van der Waals surface area contributed by atoms with E-state index in [1.165, 1.54) is 12.6 Å². The fourth-order valence-electron chi connectivity index (χ4n) is 3.82. The molecule has 1 aliphatic rings. The summed E-state index contributed by atoms with van der Waals surface area (Å²) < 4.78 is 11.3. The second kappa shape index (κ2) is 14.6. The summed E-state index contributed by atoms with van der Waals surface area (Å²) in [7, 11) is 1.48. The standard InChI is InChI=1S/C24H25NO3.C7H14N2O2S/c1-16(2)13-20-22(24(20,3)4)23(26)28-21(15-25)17-9-8-12-19(14-17)27-18-10-6-5-7-11-18;1-7(2,12-4)5-9-11-6(10)8-3/h5-14,20-22H,1-4H3;5H,1-4H3,(H,8,10)/b;9-5+. The number of carbonyl (C=O) groups excluding carboxylic acids is 2. The van der Waals surface area contributed by atoms with Crippen molar-refractivity contribution in [1.82, 2.24) is 5.32 Å². The Balaban J connectivity index is 0.000000395. The smallest absolute Gasteiger partial charge is 0.433 e. The van der Waals surface area contributed by atoms with E-state index in [1.54, 1.807) is 36.2 Å². The Kier molecular flexibility index (Phi) is 11.8. The maximum absolute atomic E-state index is 12.7. The molecule has 2 aromatic rings. The van der Waals surface area contributed by atoms with Gasteiger partial charge >= 0.3 is 12.1 Å². The monoisotopic (exact) mass is 565 g/mol. The van der Waals surface area contributed by atoms with E-state index >= 15 is 0 Å². The first-order chi connectivity index (χ1) is 18.8. The van der Waals surface area contributed by atoms with Crippen LogP contribution in [-0.4, -0.2) is 36.3 Å². The van der Waals surface area contributed by atoms with E-state index in [9.17, 15) is 14.9 Å². The summed E-state index contributed by atoms with van der Waals surface area (Å²) in [5.74, 6) is 0.899. The number of allylic oxidation sites excluding steroid dienone is 2. The highest BCUT2D eigenvalue weighted by molar-refractivity contribution is 8.00. The molecule has 0 heterocycles. The lowest BCUT2D eigenvalue weighted by molar-refractivity contribution is -0.149. The Hall–Kier alpha value is -3.77. The minimum atomic E-state index is -0.962. The summed E-state index contributed by atoms with van der Waals surface area (Å²) >= 11 is 1.63. The highest BCUT2D eigenvalue weighted by Crippen LogP contribution is 2.60. The van der Waals surface area contributed by atoms with Gasteiger partial charge in [-0.15, -0.1) is 0 Å². The molecule has 9 heteroatoms. The Morgan fingerprint density at radius 2 is 1.77 bits per heavy atom. The number of esters is 1. The van der Waals surface area contributed by atoms with Gasteiger partial charge in [-0.3, -0.25) is 9.63 Å². The number of amides is 1. The number of rotatable bonds is 9. The van der Waals surface area contributed by atoms with Gasteiger partial charge in [-0.25, -0.2) is 4.79 Å². The predicted molar refractivity (Wildman–Crippen MR) is 159 cm³/mol. The number of para-hydroxylation sites is 1. The van der Waals surface area contributed by atoms with Crippen LogP contribution in [0.25, 0.3) is 0 Å². The number of hydrogen-bond acceptors (Lipinski definition) is 8. The number of carbonyl (C=O) groups is 2. The molecule has 0 bridgehead atoms. The Morgan fingerprint density at radius 1 is 1.12 bits per heavy atom. The third-order valence-corrected chi connectivity index (χ3v) is 7.56. The van der Waals surface area contributed by atoms with Gasteiger partial charge in [-0.2, -0.15) is 17.0 Å².